The molecular weight excluding hydrogens is 250 g/mol. The Morgan fingerprint density at radius 3 is 2.45 bits per heavy atom. The van der Waals surface area contributed by atoms with Gasteiger partial charge < -0.3 is 10.5 Å². The monoisotopic (exact) mass is 263 g/mol. The summed E-state index contributed by atoms with van der Waals surface area (Å²) in [5, 5.41) is 8.54. The molecule has 0 saturated carbocycles. The van der Waals surface area contributed by atoms with Crippen molar-refractivity contribution in [1.82, 2.24) is 4.98 Å². The van der Waals surface area contributed by atoms with Crippen LogP contribution in [0.3, 0.4) is 0 Å². The minimum absolute atomic E-state index is 0.00140. The first-order chi connectivity index (χ1) is 9.74. The average molecular weight is 263 g/mol. The average Bonchev–Trinajstić information content (AvgIpc) is 2.47. The fourth-order valence-corrected chi connectivity index (χ4v) is 2.04. The van der Waals surface area contributed by atoms with Crippen molar-refractivity contribution < 1.29 is 4.74 Å². The minimum atomic E-state index is 0.00140. The third-order valence-corrected chi connectivity index (χ3v) is 2.95. The SMILES string of the molecule is N=C(N)c1cc(Oc2ccccc2)nc2ccccc12. The number of para-hydroxylation sites is 2. The summed E-state index contributed by atoms with van der Waals surface area (Å²) in [4.78, 5) is 4.44. The van der Waals surface area contributed by atoms with Crippen LogP contribution in [-0.2, 0) is 0 Å². The van der Waals surface area contributed by atoms with Crippen molar-refractivity contribution in [3.63, 3.8) is 0 Å². The van der Waals surface area contributed by atoms with Crippen molar-refractivity contribution >= 4 is 16.7 Å². The number of rotatable bonds is 3. The quantitative estimate of drug-likeness (QED) is 0.562. The molecule has 0 aliphatic rings. The van der Waals surface area contributed by atoms with Gasteiger partial charge in [0.25, 0.3) is 0 Å². The van der Waals surface area contributed by atoms with Crippen LogP contribution in [0.2, 0.25) is 0 Å². The summed E-state index contributed by atoms with van der Waals surface area (Å²) in [6, 6.07) is 18.7. The third-order valence-electron chi connectivity index (χ3n) is 2.95. The molecule has 0 saturated heterocycles. The van der Waals surface area contributed by atoms with Crippen molar-refractivity contribution in [3.8, 4) is 11.6 Å². The number of nitrogens with zero attached hydrogens (tertiary/aromatic N) is 1. The fourth-order valence-electron chi connectivity index (χ4n) is 2.04. The lowest BCUT2D eigenvalue weighted by atomic mass is 10.1. The van der Waals surface area contributed by atoms with Crippen LogP contribution in [0.5, 0.6) is 11.6 Å². The van der Waals surface area contributed by atoms with Gasteiger partial charge in [0.2, 0.25) is 5.88 Å². The number of hydrogen-bond acceptors (Lipinski definition) is 3. The molecule has 3 rings (SSSR count). The first kappa shape index (κ1) is 12.2. The zero-order valence-electron chi connectivity index (χ0n) is 10.7. The maximum Gasteiger partial charge on any atom is 0.220 e. The lowest BCUT2D eigenvalue weighted by Crippen LogP contribution is -2.12. The smallest absolute Gasteiger partial charge is 0.220 e. The summed E-state index contributed by atoms with van der Waals surface area (Å²) in [5.41, 5.74) is 7.02. The number of nitrogen functional groups attached to an aromatic ring is 1. The first-order valence-electron chi connectivity index (χ1n) is 6.21. The molecule has 0 bridgehead atoms. The second-order valence-electron chi connectivity index (χ2n) is 4.35. The Balaban J connectivity index is 2.10. The van der Waals surface area contributed by atoms with E-state index in [0.717, 1.165) is 10.9 Å². The highest BCUT2D eigenvalue weighted by molar-refractivity contribution is 6.06. The topological polar surface area (TPSA) is 72.0 Å². The number of ether oxygens (including phenoxy) is 1. The van der Waals surface area contributed by atoms with Gasteiger partial charge in [-0.1, -0.05) is 36.4 Å². The number of nitrogens with one attached hydrogen (secondary N) is 1. The van der Waals surface area contributed by atoms with Gasteiger partial charge >= 0.3 is 0 Å². The van der Waals surface area contributed by atoms with Crippen LogP contribution in [0.1, 0.15) is 5.56 Å². The van der Waals surface area contributed by atoms with Crippen molar-refractivity contribution in [3.05, 3.63) is 66.2 Å². The number of pyridine rings is 1. The van der Waals surface area contributed by atoms with Crippen molar-refractivity contribution in [1.29, 1.82) is 5.41 Å². The Morgan fingerprint density at radius 2 is 1.70 bits per heavy atom. The molecule has 0 fully saturated rings. The van der Waals surface area contributed by atoms with E-state index >= 15 is 0 Å². The predicted molar refractivity (Wildman–Crippen MR) is 79.3 cm³/mol. The Bertz CT molecular complexity index is 769. The van der Waals surface area contributed by atoms with Gasteiger partial charge in [0, 0.05) is 17.0 Å². The molecule has 1 heterocycles. The fraction of sp³-hybridized carbons (Fsp3) is 0. The molecule has 4 heteroatoms. The summed E-state index contributed by atoms with van der Waals surface area (Å²) in [6.07, 6.45) is 0. The third kappa shape index (κ3) is 2.31. The summed E-state index contributed by atoms with van der Waals surface area (Å²) >= 11 is 0. The van der Waals surface area contributed by atoms with Gasteiger partial charge in [-0.2, -0.15) is 0 Å². The van der Waals surface area contributed by atoms with Crippen molar-refractivity contribution in [2.75, 3.05) is 0 Å². The van der Waals surface area contributed by atoms with E-state index in [4.69, 9.17) is 15.9 Å². The molecule has 3 aromatic rings. The van der Waals surface area contributed by atoms with Gasteiger partial charge in [-0.3, -0.25) is 5.41 Å². The van der Waals surface area contributed by atoms with Gasteiger partial charge in [-0.25, -0.2) is 4.98 Å². The van der Waals surface area contributed by atoms with Crippen LogP contribution in [0.15, 0.2) is 60.7 Å². The molecule has 1 aromatic heterocycles. The van der Waals surface area contributed by atoms with E-state index in [1.165, 1.54) is 0 Å². The summed E-state index contributed by atoms with van der Waals surface area (Å²) in [7, 11) is 0. The molecule has 0 amide bonds. The van der Waals surface area contributed by atoms with E-state index in [-0.39, 0.29) is 5.84 Å². The van der Waals surface area contributed by atoms with E-state index in [1.54, 1.807) is 6.07 Å². The molecular formula is C16H13N3O. The van der Waals surface area contributed by atoms with Crippen LogP contribution in [0.25, 0.3) is 10.9 Å². The Kier molecular flexibility index (Phi) is 3.05. The van der Waals surface area contributed by atoms with Crippen LogP contribution in [-0.4, -0.2) is 10.8 Å². The Morgan fingerprint density at radius 1 is 1.00 bits per heavy atom. The highest BCUT2D eigenvalue weighted by Crippen LogP contribution is 2.25. The maximum absolute atomic E-state index is 7.69. The summed E-state index contributed by atoms with van der Waals surface area (Å²) in [6.45, 7) is 0. The Labute approximate surface area is 116 Å². The number of hydrogen-bond donors (Lipinski definition) is 2. The highest BCUT2D eigenvalue weighted by atomic mass is 16.5. The van der Waals surface area contributed by atoms with Gasteiger partial charge in [0.15, 0.2) is 0 Å². The molecule has 4 nitrogen and oxygen atoms in total. The van der Waals surface area contributed by atoms with Gasteiger partial charge in [-0.05, 0) is 18.2 Å². The second kappa shape index (κ2) is 5.01. The van der Waals surface area contributed by atoms with E-state index in [0.29, 0.717) is 17.2 Å². The van der Waals surface area contributed by atoms with E-state index in [2.05, 4.69) is 4.98 Å². The van der Waals surface area contributed by atoms with Crippen LogP contribution in [0, 0.1) is 5.41 Å². The number of nitrogens with two attached hydrogens (primary N) is 1. The van der Waals surface area contributed by atoms with Crippen molar-refractivity contribution in [2.24, 2.45) is 5.73 Å². The summed E-state index contributed by atoms with van der Waals surface area (Å²) < 4.78 is 5.71. The normalized spacial score (nSPS) is 10.4. The molecule has 0 spiro atoms. The molecule has 0 aliphatic carbocycles. The lowest BCUT2D eigenvalue weighted by Gasteiger charge is -2.09. The number of amidine groups is 1. The van der Waals surface area contributed by atoms with Crippen LogP contribution in [0.4, 0.5) is 0 Å². The molecule has 0 atom stereocenters. The van der Waals surface area contributed by atoms with Crippen LogP contribution < -0.4 is 10.5 Å². The molecule has 0 unspecified atom stereocenters. The van der Waals surface area contributed by atoms with E-state index in [9.17, 15) is 0 Å². The predicted octanol–water partition coefficient (Wildman–Crippen LogP) is 3.31. The standard InChI is InChI=1S/C16H13N3O/c17-16(18)13-10-15(20-11-6-2-1-3-7-11)19-14-9-5-4-8-12(13)14/h1-10H,(H3,17,18). The second-order valence-corrected chi connectivity index (χ2v) is 4.35. The molecule has 3 N–H and O–H groups in total. The minimum Gasteiger partial charge on any atom is -0.439 e. The van der Waals surface area contributed by atoms with E-state index in [1.807, 2.05) is 54.6 Å². The summed E-state index contributed by atoms with van der Waals surface area (Å²) in [5.74, 6) is 1.13. The largest absolute Gasteiger partial charge is 0.439 e. The maximum atomic E-state index is 7.69. The molecule has 98 valence electrons. The van der Waals surface area contributed by atoms with Gasteiger partial charge in [0.1, 0.15) is 11.6 Å². The van der Waals surface area contributed by atoms with Crippen molar-refractivity contribution in [2.45, 2.75) is 0 Å². The van der Waals surface area contributed by atoms with Crippen LogP contribution >= 0.6 is 0 Å². The number of aromatic nitrogens is 1. The molecule has 20 heavy (non-hydrogen) atoms. The number of benzene rings is 2. The zero-order valence-corrected chi connectivity index (χ0v) is 10.7. The highest BCUT2D eigenvalue weighted by Gasteiger charge is 2.09. The van der Waals surface area contributed by atoms with Gasteiger partial charge in [0.05, 0.1) is 5.52 Å². The zero-order chi connectivity index (χ0) is 13.9. The molecule has 2 aromatic carbocycles. The van der Waals surface area contributed by atoms with E-state index < -0.39 is 0 Å². The lowest BCUT2D eigenvalue weighted by molar-refractivity contribution is 0.465. The Hall–Kier alpha value is -2.88. The first-order valence-corrected chi connectivity index (χ1v) is 6.21. The molecule has 0 radical (unpaired) electrons. The molecule has 0 aliphatic heterocycles. The number of fused-ring (bicyclic) bond motifs is 1. The van der Waals surface area contributed by atoms with Gasteiger partial charge in [-0.15, -0.1) is 0 Å².